The molecule has 0 heterocycles. The van der Waals surface area contributed by atoms with E-state index < -0.39 is 0 Å². The fourth-order valence-electron chi connectivity index (χ4n) is 1.58. The first-order valence-corrected chi connectivity index (χ1v) is 6.00. The molecule has 0 aliphatic carbocycles. The minimum Gasteiger partial charge on any atom is -0.313 e. The predicted molar refractivity (Wildman–Crippen MR) is 68.6 cm³/mol. The lowest BCUT2D eigenvalue weighted by Crippen LogP contribution is -2.17. The number of nitrogens with one attached hydrogen (secondary N) is 1. The molecular formula is C13H15BrFN. The zero-order chi connectivity index (χ0) is 12.0. The molecule has 0 saturated carbocycles. The van der Waals surface area contributed by atoms with Gasteiger partial charge in [0.25, 0.3) is 0 Å². The summed E-state index contributed by atoms with van der Waals surface area (Å²) in [4.78, 5) is 0. The molecule has 0 spiro atoms. The van der Waals surface area contributed by atoms with Crippen molar-refractivity contribution >= 4 is 15.9 Å². The first-order chi connectivity index (χ1) is 7.69. The predicted octanol–water partition coefficient (Wildman–Crippen LogP) is 3.65. The van der Waals surface area contributed by atoms with Crippen LogP contribution in [0, 0.1) is 17.7 Å². The van der Waals surface area contributed by atoms with Gasteiger partial charge in [-0.05, 0) is 38.6 Å². The van der Waals surface area contributed by atoms with E-state index in [1.54, 1.807) is 6.07 Å². The summed E-state index contributed by atoms with van der Waals surface area (Å²) in [5.74, 6) is 5.66. The van der Waals surface area contributed by atoms with Crippen molar-refractivity contribution in [2.75, 3.05) is 7.05 Å². The van der Waals surface area contributed by atoms with Crippen LogP contribution >= 0.6 is 15.9 Å². The second kappa shape index (κ2) is 6.67. The number of hydrogen-bond acceptors (Lipinski definition) is 1. The SMILES string of the molecule is CC#CCCC(NC)c1cc(Br)ccc1F. The van der Waals surface area contributed by atoms with E-state index in [4.69, 9.17) is 0 Å². The summed E-state index contributed by atoms with van der Waals surface area (Å²) in [6, 6.07) is 5.01. The monoisotopic (exact) mass is 283 g/mol. The second-order valence-electron chi connectivity index (χ2n) is 3.47. The van der Waals surface area contributed by atoms with Gasteiger partial charge in [0.1, 0.15) is 5.82 Å². The van der Waals surface area contributed by atoms with E-state index in [2.05, 4.69) is 33.1 Å². The third-order valence-electron chi connectivity index (χ3n) is 2.42. The third kappa shape index (κ3) is 3.62. The highest BCUT2D eigenvalue weighted by atomic mass is 79.9. The zero-order valence-electron chi connectivity index (χ0n) is 9.48. The van der Waals surface area contributed by atoms with Crippen LogP contribution in [0.2, 0.25) is 0 Å². The number of hydrogen-bond donors (Lipinski definition) is 1. The van der Waals surface area contributed by atoms with E-state index in [0.29, 0.717) is 5.56 Å². The molecule has 1 unspecified atom stereocenters. The van der Waals surface area contributed by atoms with E-state index in [-0.39, 0.29) is 11.9 Å². The smallest absolute Gasteiger partial charge is 0.128 e. The third-order valence-corrected chi connectivity index (χ3v) is 2.91. The maximum absolute atomic E-state index is 13.6. The standard InChI is InChI=1S/C13H15BrFN/c1-3-4-5-6-13(16-2)11-9-10(14)7-8-12(11)15/h7-9,13,16H,5-6H2,1-2H3. The van der Waals surface area contributed by atoms with Crippen LogP contribution < -0.4 is 5.32 Å². The van der Waals surface area contributed by atoms with E-state index in [1.165, 1.54) is 6.07 Å². The van der Waals surface area contributed by atoms with Crippen LogP contribution in [0.15, 0.2) is 22.7 Å². The maximum Gasteiger partial charge on any atom is 0.128 e. The molecule has 0 aliphatic rings. The summed E-state index contributed by atoms with van der Waals surface area (Å²) in [5, 5.41) is 3.12. The molecule has 0 radical (unpaired) electrons. The van der Waals surface area contributed by atoms with Crippen LogP contribution in [0.25, 0.3) is 0 Å². The van der Waals surface area contributed by atoms with Crippen molar-refractivity contribution in [1.82, 2.24) is 5.32 Å². The maximum atomic E-state index is 13.6. The first kappa shape index (κ1) is 13.2. The van der Waals surface area contributed by atoms with Crippen LogP contribution in [0.4, 0.5) is 4.39 Å². The quantitative estimate of drug-likeness (QED) is 0.832. The molecule has 1 N–H and O–H groups in total. The van der Waals surface area contributed by atoms with Gasteiger partial charge >= 0.3 is 0 Å². The molecule has 0 amide bonds. The van der Waals surface area contributed by atoms with E-state index in [1.807, 2.05) is 20.0 Å². The minimum absolute atomic E-state index is 0.0124. The Hall–Kier alpha value is -0.850. The van der Waals surface area contributed by atoms with Gasteiger partial charge in [0.15, 0.2) is 0 Å². The van der Waals surface area contributed by atoms with Crippen molar-refractivity contribution in [2.45, 2.75) is 25.8 Å². The Bertz CT molecular complexity index is 406. The highest BCUT2D eigenvalue weighted by molar-refractivity contribution is 9.10. The van der Waals surface area contributed by atoms with Gasteiger partial charge in [0.2, 0.25) is 0 Å². The van der Waals surface area contributed by atoms with Crippen LogP contribution in [0.5, 0.6) is 0 Å². The Morgan fingerprint density at radius 1 is 1.50 bits per heavy atom. The molecule has 1 atom stereocenters. The molecule has 0 fully saturated rings. The molecular weight excluding hydrogens is 269 g/mol. The zero-order valence-corrected chi connectivity index (χ0v) is 11.1. The lowest BCUT2D eigenvalue weighted by Gasteiger charge is -2.16. The van der Waals surface area contributed by atoms with Gasteiger partial charge in [-0.3, -0.25) is 0 Å². The Labute approximate surface area is 105 Å². The van der Waals surface area contributed by atoms with Gasteiger partial charge in [-0.1, -0.05) is 15.9 Å². The molecule has 1 aromatic carbocycles. The van der Waals surface area contributed by atoms with Crippen molar-refractivity contribution in [1.29, 1.82) is 0 Å². The lowest BCUT2D eigenvalue weighted by molar-refractivity contribution is 0.514. The molecule has 3 heteroatoms. The number of benzene rings is 1. The highest BCUT2D eigenvalue weighted by Crippen LogP contribution is 2.24. The van der Waals surface area contributed by atoms with Crippen molar-refractivity contribution in [3.05, 3.63) is 34.1 Å². The molecule has 1 nitrogen and oxygen atoms in total. The van der Waals surface area contributed by atoms with Crippen molar-refractivity contribution in [2.24, 2.45) is 0 Å². The van der Waals surface area contributed by atoms with Crippen molar-refractivity contribution in [3.8, 4) is 11.8 Å². The van der Waals surface area contributed by atoms with Crippen LogP contribution in [-0.2, 0) is 0 Å². The molecule has 16 heavy (non-hydrogen) atoms. The fourth-order valence-corrected chi connectivity index (χ4v) is 1.96. The largest absolute Gasteiger partial charge is 0.313 e. The van der Waals surface area contributed by atoms with Crippen molar-refractivity contribution < 1.29 is 4.39 Å². The molecule has 0 saturated heterocycles. The summed E-state index contributed by atoms with van der Waals surface area (Å²) in [6.45, 7) is 1.81. The van der Waals surface area contributed by atoms with E-state index in [9.17, 15) is 4.39 Å². The number of rotatable bonds is 4. The second-order valence-corrected chi connectivity index (χ2v) is 4.39. The fraction of sp³-hybridized carbons (Fsp3) is 0.385. The average molecular weight is 284 g/mol. The number of halogens is 2. The lowest BCUT2D eigenvalue weighted by atomic mass is 10.0. The summed E-state index contributed by atoms with van der Waals surface area (Å²) in [5.41, 5.74) is 0.690. The van der Waals surface area contributed by atoms with Gasteiger partial charge < -0.3 is 5.32 Å². The Morgan fingerprint density at radius 2 is 2.25 bits per heavy atom. The van der Waals surface area contributed by atoms with Crippen LogP contribution in [0.3, 0.4) is 0 Å². The van der Waals surface area contributed by atoms with Crippen molar-refractivity contribution in [3.63, 3.8) is 0 Å². The van der Waals surface area contributed by atoms with Crippen LogP contribution in [-0.4, -0.2) is 7.05 Å². The van der Waals surface area contributed by atoms with E-state index >= 15 is 0 Å². The molecule has 1 rings (SSSR count). The molecule has 86 valence electrons. The molecule has 0 bridgehead atoms. The topological polar surface area (TPSA) is 12.0 Å². The summed E-state index contributed by atoms with van der Waals surface area (Å²) < 4.78 is 14.5. The van der Waals surface area contributed by atoms with Gasteiger partial charge in [-0.15, -0.1) is 11.8 Å². The Kier molecular flexibility index (Phi) is 5.51. The summed E-state index contributed by atoms with van der Waals surface area (Å²) >= 11 is 3.35. The minimum atomic E-state index is -0.174. The Morgan fingerprint density at radius 3 is 2.88 bits per heavy atom. The molecule has 1 aromatic rings. The van der Waals surface area contributed by atoms with Crippen LogP contribution in [0.1, 0.15) is 31.4 Å². The summed E-state index contributed by atoms with van der Waals surface area (Å²) in [6.07, 6.45) is 1.58. The van der Waals surface area contributed by atoms with Gasteiger partial charge in [0.05, 0.1) is 0 Å². The molecule has 0 aromatic heterocycles. The Balaban J connectivity index is 2.84. The van der Waals surface area contributed by atoms with Gasteiger partial charge in [-0.25, -0.2) is 4.39 Å². The highest BCUT2D eigenvalue weighted by Gasteiger charge is 2.13. The summed E-state index contributed by atoms with van der Waals surface area (Å²) in [7, 11) is 1.84. The van der Waals surface area contributed by atoms with Gasteiger partial charge in [-0.2, -0.15) is 0 Å². The van der Waals surface area contributed by atoms with Gasteiger partial charge in [0, 0.05) is 22.5 Å². The molecule has 0 aliphatic heterocycles. The first-order valence-electron chi connectivity index (χ1n) is 5.21. The normalized spacial score (nSPS) is 11.8. The van der Waals surface area contributed by atoms with E-state index in [0.717, 1.165) is 17.3 Å². The average Bonchev–Trinajstić information content (AvgIpc) is 2.28.